The van der Waals surface area contributed by atoms with Crippen LogP contribution in [-0.2, 0) is 4.79 Å². The summed E-state index contributed by atoms with van der Waals surface area (Å²) in [4.78, 5) is 29.5. The van der Waals surface area contributed by atoms with Gasteiger partial charge in [-0.1, -0.05) is 15.9 Å². The van der Waals surface area contributed by atoms with Crippen molar-refractivity contribution >= 4 is 33.2 Å². The van der Waals surface area contributed by atoms with E-state index in [1.54, 1.807) is 10.7 Å². The summed E-state index contributed by atoms with van der Waals surface area (Å²) in [5, 5.41) is 16.2. The smallest absolute Gasteiger partial charge is 0.295 e. The van der Waals surface area contributed by atoms with Gasteiger partial charge in [0.2, 0.25) is 5.91 Å². The molecule has 4 saturated carbocycles. The van der Waals surface area contributed by atoms with Gasteiger partial charge in [-0.05, 0) is 82.4 Å². The molecule has 2 heterocycles. The van der Waals surface area contributed by atoms with Crippen LogP contribution in [0.3, 0.4) is 0 Å². The summed E-state index contributed by atoms with van der Waals surface area (Å²) >= 11 is 4.04. The lowest BCUT2D eigenvalue weighted by atomic mass is 9.49. The average molecular weight is 542 g/mol. The molecule has 1 saturated heterocycles. The first-order valence-electron chi connectivity index (χ1n) is 12.7. The van der Waals surface area contributed by atoms with E-state index in [0.29, 0.717) is 36.5 Å². The Morgan fingerprint density at radius 3 is 2.34 bits per heavy atom. The highest BCUT2D eigenvalue weighted by Gasteiger charge is 2.60. The number of hydrogen-bond acceptors (Lipinski definition) is 5. The Morgan fingerprint density at radius 2 is 1.77 bits per heavy atom. The van der Waals surface area contributed by atoms with Gasteiger partial charge in [0.15, 0.2) is 0 Å². The SMILES string of the molecule is Cc1cc(C)n(-c2cc(N3CCN(C(=O)C45C[C@@H]6C[C@@H](CC(Br)(C6)C4)C5)CC3)ccc2[N+](=O)[O-])n1. The van der Waals surface area contributed by atoms with Crippen molar-refractivity contribution in [2.24, 2.45) is 17.3 Å². The van der Waals surface area contributed by atoms with Crippen LogP contribution in [-0.4, -0.2) is 56.0 Å². The molecule has 1 aromatic carbocycles. The largest absolute Gasteiger partial charge is 0.368 e. The van der Waals surface area contributed by atoms with Crippen LogP contribution in [0.25, 0.3) is 5.69 Å². The fourth-order valence-corrected chi connectivity index (χ4v) is 9.26. The van der Waals surface area contributed by atoms with E-state index in [4.69, 9.17) is 0 Å². The second-order valence-electron chi connectivity index (χ2n) is 11.4. The molecule has 5 aliphatic rings. The van der Waals surface area contributed by atoms with E-state index in [1.807, 2.05) is 32.0 Å². The number of halogens is 1. The lowest BCUT2D eigenvalue weighted by Gasteiger charge is -2.60. The summed E-state index contributed by atoms with van der Waals surface area (Å²) in [6.07, 6.45) is 6.86. The molecule has 4 atom stereocenters. The molecule has 4 aliphatic carbocycles. The number of nitrogens with zero attached hydrogens (tertiary/aromatic N) is 5. The van der Waals surface area contributed by atoms with E-state index in [2.05, 4.69) is 30.8 Å². The molecule has 0 radical (unpaired) electrons. The van der Waals surface area contributed by atoms with Crippen molar-refractivity contribution in [3.63, 3.8) is 0 Å². The van der Waals surface area contributed by atoms with Gasteiger partial charge in [0.1, 0.15) is 5.69 Å². The quantitative estimate of drug-likeness (QED) is 0.316. The van der Waals surface area contributed by atoms with Gasteiger partial charge in [-0.3, -0.25) is 14.9 Å². The highest BCUT2D eigenvalue weighted by Crippen LogP contribution is 2.64. The molecule has 8 nitrogen and oxygen atoms in total. The Balaban J connectivity index is 1.20. The number of rotatable bonds is 4. The number of hydrogen-bond donors (Lipinski definition) is 0. The Morgan fingerprint density at radius 1 is 1.09 bits per heavy atom. The zero-order chi connectivity index (χ0) is 24.5. The molecule has 0 spiro atoms. The third-order valence-corrected chi connectivity index (χ3v) is 9.70. The van der Waals surface area contributed by atoms with Crippen LogP contribution < -0.4 is 4.90 Å². The molecule has 35 heavy (non-hydrogen) atoms. The number of anilines is 1. The molecule has 5 fully saturated rings. The molecule has 2 aromatic rings. The highest BCUT2D eigenvalue weighted by atomic mass is 79.9. The van der Waals surface area contributed by atoms with E-state index >= 15 is 0 Å². The third-order valence-electron chi connectivity index (χ3n) is 8.77. The van der Waals surface area contributed by atoms with Crippen LogP contribution in [0.1, 0.15) is 49.9 Å². The summed E-state index contributed by atoms with van der Waals surface area (Å²) in [5.74, 6) is 1.74. The van der Waals surface area contributed by atoms with Crippen molar-refractivity contribution < 1.29 is 9.72 Å². The third kappa shape index (κ3) is 3.86. The van der Waals surface area contributed by atoms with Crippen LogP contribution in [0, 0.1) is 41.2 Å². The predicted octanol–water partition coefficient (Wildman–Crippen LogP) is 4.78. The highest BCUT2D eigenvalue weighted by molar-refractivity contribution is 9.10. The monoisotopic (exact) mass is 541 g/mol. The maximum Gasteiger partial charge on any atom is 0.295 e. The number of aromatic nitrogens is 2. The summed E-state index contributed by atoms with van der Waals surface area (Å²) in [5.41, 5.74) is 2.96. The van der Waals surface area contributed by atoms with Crippen molar-refractivity contribution in [2.75, 3.05) is 31.1 Å². The number of alkyl halides is 1. The molecule has 4 bridgehead atoms. The van der Waals surface area contributed by atoms with Gasteiger partial charge in [-0.25, -0.2) is 4.68 Å². The number of benzene rings is 1. The fourth-order valence-electron chi connectivity index (χ4n) is 7.81. The molecular weight excluding hydrogens is 510 g/mol. The summed E-state index contributed by atoms with van der Waals surface area (Å²) < 4.78 is 1.83. The van der Waals surface area contributed by atoms with Crippen molar-refractivity contribution in [1.29, 1.82) is 0 Å². The minimum atomic E-state index is -0.353. The van der Waals surface area contributed by atoms with Crippen LogP contribution >= 0.6 is 15.9 Å². The Hall–Kier alpha value is -2.42. The zero-order valence-electron chi connectivity index (χ0n) is 20.4. The van der Waals surface area contributed by atoms with Gasteiger partial charge >= 0.3 is 0 Å². The van der Waals surface area contributed by atoms with Crippen LogP contribution in [0.4, 0.5) is 11.4 Å². The minimum absolute atomic E-state index is 0.0410. The number of carbonyl (C=O) groups excluding carboxylic acids is 1. The number of carbonyl (C=O) groups is 1. The Labute approximate surface area is 213 Å². The Kier molecular flexibility index (Phi) is 5.29. The summed E-state index contributed by atoms with van der Waals surface area (Å²) in [7, 11) is 0. The topological polar surface area (TPSA) is 84.5 Å². The van der Waals surface area contributed by atoms with Crippen molar-refractivity contribution in [1.82, 2.24) is 14.7 Å². The molecular formula is C26H32BrN5O3. The molecule has 186 valence electrons. The average Bonchev–Trinajstić information content (AvgIpc) is 3.14. The van der Waals surface area contributed by atoms with Gasteiger partial charge in [-0.15, -0.1) is 0 Å². The first kappa shape index (κ1) is 23.0. The van der Waals surface area contributed by atoms with E-state index in [9.17, 15) is 14.9 Å². The maximum absolute atomic E-state index is 13.8. The first-order chi connectivity index (χ1) is 16.6. The normalized spacial score (nSPS) is 31.7. The van der Waals surface area contributed by atoms with Crippen molar-refractivity contribution in [2.45, 2.75) is 56.7 Å². The summed E-state index contributed by atoms with van der Waals surface area (Å²) in [6, 6.07) is 7.17. The number of nitro groups is 1. The Bertz CT molecular complexity index is 1190. The molecule has 1 amide bonds. The van der Waals surface area contributed by atoms with Crippen molar-refractivity contribution in [3.05, 3.63) is 45.8 Å². The molecule has 0 N–H and O–H groups in total. The van der Waals surface area contributed by atoms with Crippen LogP contribution in [0.5, 0.6) is 0 Å². The minimum Gasteiger partial charge on any atom is -0.368 e. The standard InChI is InChI=1S/C26H32BrN5O3/c1-17-9-18(2)31(28-17)23-11-21(3-4-22(23)32(34)35)29-5-7-30(8-6-29)24(33)25-12-19-10-20(13-25)15-26(27,14-19)16-25/h3-4,9,11,19-20H,5-8,10,12-16H2,1-2H3/t19-,20+,25?,26?. The van der Waals surface area contributed by atoms with E-state index in [0.717, 1.165) is 49.4 Å². The van der Waals surface area contributed by atoms with Gasteiger partial charge in [0.05, 0.1) is 16.0 Å². The fraction of sp³-hybridized carbons (Fsp3) is 0.615. The van der Waals surface area contributed by atoms with Gasteiger partial charge in [0, 0.05) is 48.0 Å². The predicted molar refractivity (Wildman–Crippen MR) is 137 cm³/mol. The molecule has 2 unspecified atom stereocenters. The van der Waals surface area contributed by atoms with E-state index in [-0.39, 0.29) is 20.3 Å². The lowest BCUT2D eigenvalue weighted by Crippen LogP contribution is -2.61. The van der Waals surface area contributed by atoms with Crippen LogP contribution in [0.2, 0.25) is 0 Å². The van der Waals surface area contributed by atoms with E-state index < -0.39 is 0 Å². The van der Waals surface area contributed by atoms with Gasteiger partial charge in [0.25, 0.3) is 5.69 Å². The molecule has 7 rings (SSSR count). The molecule has 1 aliphatic heterocycles. The molecule has 1 aromatic heterocycles. The zero-order valence-corrected chi connectivity index (χ0v) is 22.0. The molecule has 9 heteroatoms. The van der Waals surface area contributed by atoms with Gasteiger partial charge < -0.3 is 9.80 Å². The van der Waals surface area contributed by atoms with Crippen LogP contribution in [0.15, 0.2) is 24.3 Å². The lowest BCUT2D eigenvalue weighted by molar-refractivity contribution is -0.384. The number of piperazine rings is 1. The second kappa shape index (κ2) is 8.05. The second-order valence-corrected chi connectivity index (χ2v) is 13.1. The van der Waals surface area contributed by atoms with Crippen molar-refractivity contribution in [3.8, 4) is 5.69 Å². The summed E-state index contributed by atoms with van der Waals surface area (Å²) in [6.45, 7) is 6.62. The number of amides is 1. The van der Waals surface area contributed by atoms with Gasteiger partial charge in [-0.2, -0.15) is 5.10 Å². The first-order valence-corrected chi connectivity index (χ1v) is 13.5. The number of aryl methyl sites for hydroxylation is 2. The number of nitro benzene ring substituents is 1. The van der Waals surface area contributed by atoms with E-state index in [1.165, 1.54) is 19.3 Å². The maximum atomic E-state index is 13.8.